The van der Waals surface area contributed by atoms with E-state index in [-0.39, 0.29) is 41.8 Å². The molecule has 0 saturated heterocycles. The smallest absolute Gasteiger partial charge is 0.341 e. The zero-order valence-corrected chi connectivity index (χ0v) is 16.3. The van der Waals surface area contributed by atoms with Crippen LogP contribution in [-0.2, 0) is 15.1 Å². The highest BCUT2D eigenvalue weighted by Crippen LogP contribution is 2.43. The second-order valence-corrected chi connectivity index (χ2v) is 7.38. The summed E-state index contributed by atoms with van der Waals surface area (Å²) in [5.41, 5.74) is -2.81. The van der Waals surface area contributed by atoms with Gasteiger partial charge in [0.15, 0.2) is 0 Å². The maximum atomic E-state index is 12.4. The minimum absolute atomic E-state index is 0.000589. The van der Waals surface area contributed by atoms with E-state index < -0.39 is 23.1 Å². The molecule has 0 amide bonds. The van der Waals surface area contributed by atoms with E-state index in [1.54, 1.807) is 0 Å². The van der Waals surface area contributed by atoms with Crippen LogP contribution in [0.4, 0.5) is 0 Å². The van der Waals surface area contributed by atoms with Gasteiger partial charge in [0, 0.05) is 31.4 Å². The molecule has 0 aromatic heterocycles. The third-order valence-electron chi connectivity index (χ3n) is 4.12. The van der Waals surface area contributed by atoms with E-state index in [0.29, 0.717) is 0 Å². The Morgan fingerprint density at radius 2 is 1.59 bits per heavy atom. The van der Waals surface area contributed by atoms with Crippen LogP contribution >= 0.6 is 46.4 Å². The second-order valence-electron chi connectivity index (χ2n) is 5.69. The van der Waals surface area contributed by atoms with E-state index in [0.717, 1.165) is 0 Å². The van der Waals surface area contributed by atoms with E-state index >= 15 is 0 Å². The lowest BCUT2D eigenvalue weighted by Gasteiger charge is -2.27. The first kappa shape index (κ1) is 19.7. The van der Waals surface area contributed by atoms with Gasteiger partial charge >= 0.3 is 11.9 Å². The molecule has 27 heavy (non-hydrogen) atoms. The van der Waals surface area contributed by atoms with Crippen molar-refractivity contribution in [1.29, 1.82) is 0 Å². The summed E-state index contributed by atoms with van der Waals surface area (Å²) in [7, 11) is 0. The first-order valence-electron chi connectivity index (χ1n) is 7.30. The van der Waals surface area contributed by atoms with Crippen LogP contribution in [0.1, 0.15) is 5.56 Å². The minimum Gasteiger partial charge on any atom is -0.479 e. The lowest BCUT2D eigenvalue weighted by Crippen LogP contribution is -2.37. The molecule has 1 unspecified atom stereocenters. The van der Waals surface area contributed by atoms with E-state index in [9.17, 15) is 19.8 Å². The molecule has 0 fully saturated rings. The summed E-state index contributed by atoms with van der Waals surface area (Å²) in [5, 5.41) is 20.4. The summed E-state index contributed by atoms with van der Waals surface area (Å²) in [5.74, 6) is -2.87. The fourth-order valence-corrected chi connectivity index (χ4v) is 4.16. The zero-order chi connectivity index (χ0) is 20.1. The lowest BCUT2D eigenvalue weighted by atomic mass is 9.80. The van der Waals surface area contributed by atoms with Gasteiger partial charge in [0.1, 0.15) is 0 Å². The number of benzene rings is 2. The number of carboxylic acid groups (broad SMARTS) is 2. The standard InChI is InChI=1S/C18H9Cl4NO4/c1-7(16(24)25)15-14-12(22)5-9(20)6-13(14)23-18(15,17(26)27)10-3-2-8(19)4-11(10)21/h2-6H,1H2,(H,24,25)(H,26,27). The van der Waals surface area contributed by atoms with Gasteiger partial charge in [-0.1, -0.05) is 59.0 Å². The van der Waals surface area contributed by atoms with E-state index in [1.807, 2.05) is 0 Å². The summed E-state index contributed by atoms with van der Waals surface area (Å²) in [4.78, 5) is 28.4. The highest BCUT2D eigenvalue weighted by atomic mass is 35.5. The zero-order valence-electron chi connectivity index (χ0n) is 13.3. The highest BCUT2D eigenvalue weighted by Gasteiger charge is 2.50. The Bertz CT molecular complexity index is 1160. The summed E-state index contributed by atoms with van der Waals surface area (Å²) in [6, 6.07) is 6.91. The Labute approximate surface area is 172 Å². The SMILES string of the molecule is C=C(C(=O)O)C1=c2c(Cl)cc(Cl)cc2=NC1(C(=O)O)c1ccc(Cl)cc1Cl. The molecule has 0 bridgehead atoms. The molecule has 1 aliphatic rings. The lowest BCUT2D eigenvalue weighted by molar-refractivity contribution is -0.141. The van der Waals surface area contributed by atoms with Gasteiger partial charge in [-0.2, -0.15) is 0 Å². The number of rotatable bonds is 4. The Morgan fingerprint density at radius 1 is 0.963 bits per heavy atom. The summed E-state index contributed by atoms with van der Waals surface area (Å²) < 4.78 is 0. The average molecular weight is 445 g/mol. The average Bonchev–Trinajstić information content (AvgIpc) is 2.89. The van der Waals surface area contributed by atoms with Gasteiger partial charge in [-0.15, -0.1) is 0 Å². The Hall–Kier alpha value is -2.05. The van der Waals surface area contributed by atoms with Crippen LogP contribution in [0.15, 0.2) is 47.5 Å². The number of nitrogens with zero attached hydrogens (tertiary/aromatic N) is 1. The third kappa shape index (κ3) is 3.01. The number of carboxylic acids is 2. The van der Waals surface area contributed by atoms with Crippen LogP contribution in [-0.4, -0.2) is 22.2 Å². The Kier molecular flexibility index (Phi) is 4.99. The number of hydrogen-bond acceptors (Lipinski definition) is 3. The molecule has 5 nitrogen and oxygen atoms in total. The molecule has 2 aromatic carbocycles. The molecule has 1 atom stereocenters. The number of hydrogen-bond donors (Lipinski definition) is 2. The van der Waals surface area contributed by atoms with Crippen LogP contribution in [0.2, 0.25) is 20.1 Å². The fraction of sp³-hybridized carbons (Fsp3) is 0.0556. The summed E-state index contributed by atoms with van der Waals surface area (Å²) in [6.07, 6.45) is 0. The van der Waals surface area contributed by atoms with E-state index in [2.05, 4.69) is 11.6 Å². The van der Waals surface area contributed by atoms with Gasteiger partial charge < -0.3 is 10.2 Å². The van der Waals surface area contributed by atoms with Gasteiger partial charge in [-0.05, 0) is 24.3 Å². The van der Waals surface area contributed by atoms with Crippen molar-refractivity contribution in [2.24, 2.45) is 4.99 Å². The predicted octanol–water partition coefficient (Wildman–Crippen LogP) is 3.71. The predicted molar refractivity (Wildman–Crippen MR) is 103 cm³/mol. The molecule has 0 aliphatic carbocycles. The molecular weight excluding hydrogens is 436 g/mol. The molecule has 9 heteroatoms. The quantitative estimate of drug-likeness (QED) is 0.703. The van der Waals surface area contributed by atoms with Crippen molar-refractivity contribution in [3.63, 3.8) is 0 Å². The maximum absolute atomic E-state index is 12.4. The molecule has 0 saturated carbocycles. The largest absolute Gasteiger partial charge is 0.479 e. The van der Waals surface area contributed by atoms with Gasteiger partial charge in [-0.3, -0.25) is 4.99 Å². The number of carbonyl (C=O) groups is 2. The third-order valence-corrected chi connectivity index (χ3v) is 5.19. The monoisotopic (exact) mass is 443 g/mol. The molecule has 2 aromatic rings. The van der Waals surface area contributed by atoms with Gasteiger partial charge in [0.05, 0.1) is 16.0 Å². The number of aliphatic carboxylic acids is 2. The molecular formula is C18H9Cl4NO4. The molecule has 138 valence electrons. The first-order chi connectivity index (χ1) is 12.6. The summed E-state index contributed by atoms with van der Waals surface area (Å²) >= 11 is 24.4. The topological polar surface area (TPSA) is 87.0 Å². The van der Waals surface area contributed by atoms with Crippen LogP contribution in [0, 0.1) is 0 Å². The Morgan fingerprint density at radius 3 is 2.15 bits per heavy atom. The fourth-order valence-electron chi connectivity index (χ4n) is 3.04. The molecule has 1 aliphatic heterocycles. The van der Waals surface area contributed by atoms with Crippen molar-refractivity contribution >= 4 is 63.9 Å². The van der Waals surface area contributed by atoms with Gasteiger partial charge in [0.25, 0.3) is 0 Å². The van der Waals surface area contributed by atoms with Crippen LogP contribution in [0.3, 0.4) is 0 Å². The Balaban J connectivity index is 2.57. The molecule has 2 N–H and O–H groups in total. The van der Waals surface area contributed by atoms with Crippen LogP contribution < -0.4 is 10.6 Å². The van der Waals surface area contributed by atoms with Crippen molar-refractivity contribution < 1.29 is 19.8 Å². The van der Waals surface area contributed by atoms with E-state index in [1.165, 1.54) is 30.3 Å². The second kappa shape index (κ2) is 6.84. The molecule has 3 rings (SSSR count). The van der Waals surface area contributed by atoms with Crippen molar-refractivity contribution in [2.75, 3.05) is 0 Å². The van der Waals surface area contributed by atoms with Gasteiger partial charge in [0.2, 0.25) is 5.54 Å². The maximum Gasteiger partial charge on any atom is 0.341 e. The molecule has 0 radical (unpaired) electrons. The van der Waals surface area contributed by atoms with Crippen molar-refractivity contribution in [1.82, 2.24) is 0 Å². The van der Waals surface area contributed by atoms with E-state index in [4.69, 9.17) is 46.4 Å². The first-order valence-corrected chi connectivity index (χ1v) is 8.82. The number of halogens is 4. The van der Waals surface area contributed by atoms with Crippen molar-refractivity contribution in [2.45, 2.75) is 5.54 Å². The van der Waals surface area contributed by atoms with Crippen molar-refractivity contribution in [3.05, 3.63) is 78.7 Å². The molecule has 0 spiro atoms. The van der Waals surface area contributed by atoms with Crippen molar-refractivity contribution in [3.8, 4) is 0 Å². The van der Waals surface area contributed by atoms with Crippen LogP contribution in [0.25, 0.3) is 5.57 Å². The number of fused-ring (bicyclic) bond motifs is 1. The van der Waals surface area contributed by atoms with Gasteiger partial charge in [-0.25, -0.2) is 9.59 Å². The van der Waals surface area contributed by atoms with Crippen LogP contribution in [0.5, 0.6) is 0 Å². The molecule has 1 heterocycles. The summed E-state index contributed by atoms with van der Waals surface area (Å²) in [6.45, 7) is 3.53. The minimum atomic E-state index is -2.17. The highest BCUT2D eigenvalue weighted by molar-refractivity contribution is 6.36. The normalized spacial score (nSPS) is 18.0.